The molecular weight excluding hydrogens is 264 g/mol. The molecule has 2 heterocycles. The molecule has 1 saturated carbocycles. The molecule has 0 spiro atoms. The number of anilines is 2. The van der Waals surface area contributed by atoms with Crippen LogP contribution in [-0.4, -0.2) is 42.1 Å². The average molecular weight is 282 g/mol. The van der Waals surface area contributed by atoms with Crippen LogP contribution in [0.5, 0.6) is 0 Å². The van der Waals surface area contributed by atoms with Crippen LogP contribution in [0.4, 0.5) is 10.8 Å². The number of hydrogen-bond acceptors (Lipinski definition) is 6. The highest BCUT2D eigenvalue weighted by molar-refractivity contribution is 7.11. The summed E-state index contributed by atoms with van der Waals surface area (Å²) in [6, 6.07) is 0.558. The Hall–Kier alpha value is -1.34. The number of nitrogen functional groups attached to an aromatic ring is 1. The van der Waals surface area contributed by atoms with Crippen LogP contribution < -0.4 is 16.0 Å². The van der Waals surface area contributed by atoms with Crippen molar-refractivity contribution >= 4 is 28.3 Å². The fourth-order valence-electron chi connectivity index (χ4n) is 2.22. The molecule has 1 amide bonds. The molecular formula is C12H18N4O2S. The van der Waals surface area contributed by atoms with Crippen LogP contribution in [0, 0.1) is 0 Å². The largest absolute Gasteiger partial charge is 0.382 e. The van der Waals surface area contributed by atoms with E-state index in [1.165, 1.54) is 11.5 Å². The molecule has 2 aliphatic rings. The predicted octanol–water partition coefficient (Wildman–Crippen LogP) is 0.843. The number of hydrogen-bond donors (Lipinski definition) is 2. The van der Waals surface area contributed by atoms with Gasteiger partial charge in [0, 0.05) is 12.6 Å². The molecule has 6 nitrogen and oxygen atoms in total. The number of carbonyl (C=O) groups excluding carboxylic acids is 1. The van der Waals surface area contributed by atoms with Gasteiger partial charge in [-0.05, 0) is 31.3 Å². The van der Waals surface area contributed by atoms with Gasteiger partial charge in [-0.25, -0.2) is 0 Å². The Morgan fingerprint density at radius 3 is 3.05 bits per heavy atom. The summed E-state index contributed by atoms with van der Waals surface area (Å²) in [7, 11) is 0. The molecule has 1 saturated heterocycles. The van der Waals surface area contributed by atoms with Gasteiger partial charge >= 0.3 is 0 Å². The number of aromatic nitrogens is 1. The van der Waals surface area contributed by atoms with Crippen molar-refractivity contribution in [2.75, 3.05) is 30.4 Å². The first-order valence-corrected chi connectivity index (χ1v) is 7.34. The van der Waals surface area contributed by atoms with Gasteiger partial charge in [-0.1, -0.05) is 0 Å². The third-order valence-corrected chi connectivity index (χ3v) is 4.37. The van der Waals surface area contributed by atoms with Crippen molar-refractivity contribution in [2.45, 2.75) is 31.8 Å². The van der Waals surface area contributed by atoms with E-state index in [9.17, 15) is 4.79 Å². The molecule has 1 aromatic heterocycles. The van der Waals surface area contributed by atoms with E-state index in [1.807, 2.05) is 0 Å². The Morgan fingerprint density at radius 2 is 2.37 bits per heavy atom. The quantitative estimate of drug-likeness (QED) is 0.859. The van der Waals surface area contributed by atoms with E-state index < -0.39 is 0 Å². The second-order valence-electron chi connectivity index (χ2n) is 5.11. The van der Waals surface area contributed by atoms with E-state index in [0.717, 1.165) is 24.4 Å². The number of amides is 1. The molecule has 2 fully saturated rings. The number of nitrogens with zero attached hydrogens (tertiary/aromatic N) is 2. The first-order valence-electron chi connectivity index (χ1n) is 6.57. The van der Waals surface area contributed by atoms with Crippen molar-refractivity contribution < 1.29 is 9.53 Å². The lowest BCUT2D eigenvalue weighted by Gasteiger charge is -2.34. The van der Waals surface area contributed by atoms with E-state index in [-0.39, 0.29) is 11.9 Å². The maximum absolute atomic E-state index is 12.3. The van der Waals surface area contributed by atoms with Crippen LogP contribution in [0.2, 0.25) is 0 Å². The van der Waals surface area contributed by atoms with E-state index in [2.05, 4.69) is 21.5 Å². The molecule has 0 radical (unpaired) electrons. The van der Waals surface area contributed by atoms with Crippen molar-refractivity contribution in [3.63, 3.8) is 0 Å². The highest BCUT2D eigenvalue weighted by atomic mass is 32.1. The van der Waals surface area contributed by atoms with Gasteiger partial charge in [-0.2, -0.15) is 4.37 Å². The lowest BCUT2D eigenvalue weighted by molar-refractivity contribution is 0.0941. The number of carbonyl (C=O) groups is 1. The Kier molecular flexibility index (Phi) is 3.32. The standard InChI is InChI=1S/C12H18N4O2S/c1-7-6-18-5-4-16(7)12-9(10(13)15-19-12)11(17)14-8-2-3-8/h7-8H,2-6H2,1H3,(H2,13,15)(H,14,17). The molecule has 1 atom stereocenters. The molecule has 0 bridgehead atoms. The molecule has 7 heteroatoms. The molecule has 0 aromatic carbocycles. The second-order valence-corrected chi connectivity index (χ2v) is 5.86. The monoisotopic (exact) mass is 282 g/mol. The van der Waals surface area contributed by atoms with Gasteiger partial charge in [0.2, 0.25) is 0 Å². The molecule has 1 unspecified atom stereocenters. The Balaban J connectivity index is 1.86. The summed E-state index contributed by atoms with van der Waals surface area (Å²) in [5, 5.41) is 3.85. The summed E-state index contributed by atoms with van der Waals surface area (Å²) in [6.07, 6.45) is 2.12. The first-order chi connectivity index (χ1) is 9.16. The van der Waals surface area contributed by atoms with Crippen molar-refractivity contribution in [3.05, 3.63) is 5.56 Å². The van der Waals surface area contributed by atoms with Crippen LogP contribution in [0.25, 0.3) is 0 Å². The highest BCUT2D eigenvalue weighted by Crippen LogP contribution is 2.33. The third-order valence-electron chi connectivity index (χ3n) is 3.47. The zero-order valence-corrected chi connectivity index (χ0v) is 11.7. The van der Waals surface area contributed by atoms with Gasteiger partial charge in [0.1, 0.15) is 10.6 Å². The molecule has 1 aliphatic carbocycles. The fraction of sp³-hybridized carbons (Fsp3) is 0.667. The summed E-state index contributed by atoms with van der Waals surface area (Å²) in [6.45, 7) is 4.19. The minimum atomic E-state index is -0.0950. The van der Waals surface area contributed by atoms with Crippen molar-refractivity contribution in [1.82, 2.24) is 9.69 Å². The Morgan fingerprint density at radius 1 is 1.58 bits per heavy atom. The minimum Gasteiger partial charge on any atom is -0.382 e. The van der Waals surface area contributed by atoms with E-state index in [4.69, 9.17) is 10.5 Å². The number of nitrogens with two attached hydrogens (primary N) is 1. The van der Waals surface area contributed by atoms with Crippen LogP contribution >= 0.6 is 11.5 Å². The van der Waals surface area contributed by atoms with Crippen LogP contribution in [0.15, 0.2) is 0 Å². The maximum Gasteiger partial charge on any atom is 0.258 e. The summed E-state index contributed by atoms with van der Waals surface area (Å²) in [5.74, 6) is 0.235. The first kappa shape index (κ1) is 12.7. The zero-order valence-electron chi connectivity index (χ0n) is 10.9. The fourth-order valence-corrected chi connectivity index (χ4v) is 3.16. The Labute approximate surface area is 116 Å². The molecule has 19 heavy (non-hydrogen) atoms. The molecule has 1 aliphatic heterocycles. The molecule has 1 aromatic rings. The molecule has 3 N–H and O–H groups in total. The third kappa shape index (κ3) is 2.52. The van der Waals surface area contributed by atoms with Gasteiger partial charge in [0.15, 0.2) is 5.82 Å². The van der Waals surface area contributed by atoms with Gasteiger partial charge in [0.05, 0.1) is 19.3 Å². The number of ether oxygens (including phenoxy) is 1. The van der Waals surface area contributed by atoms with Gasteiger partial charge in [0.25, 0.3) is 5.91 Å². The average Bonchev–Trinajstić information content (AvgIpc) is 3.11. The van der Waals surface area contributed by atoms with E-state index in [0.29, 0.717) is 30.6 Å². The van der Waals surface area contributed by atoms with Gasteiger partial charge < -0.3 is 20.7 Å². The lowest BCUT2D eigenvalue weighted by Crippen LogP contribution is -2.44. The summed E-state index contributed by atoms with van der Waals surface area (Å²) < 4.78 is 9.58. The molecule has 3 rings (SSSR count). The SMILES string of the molecule is CC1COCCN1c1snc(N)c1C(=O)NC1CC1. The number of nitrogens with one attached hydrogen (secondary N) is 1. The van der Waals surface area contributed by atoms with Gasteiger partial charge in [-0.15, -0.1) is 0 Å². The van der Waals surface area contributed by atoms with E-state index >= 15 is 0 Å². The number of rotatable bonds is 3. The van der Waals surface area contributed by atoms with Crippen LogP contribution in [0.3, 0.4) is 0 Å². The summed E-state index contributed by atoms with van der Waals surface area (Å²) in [4.78, 5) is 14.4. The van der Waals surface area contributed by atoms with Crippen LogP contribution in [-0.2, 0) is 4.74 Å². The van der Waals surface area contributed by atoms with Crippen molar-refractivity contribution in [3.8, 4) is 0 Å². The maximum atomic E-state index is 12.3. The molecule has 104 valence electrons. The lowest BCUT2D eigenvalue weighted by atomic mass is 10.2. The smallest absolute Gasteiger partial charge is 0.258 e. The Bertz CT molecular complexity index is 486. The normalized spacial score (nSPS) is 23.4. The highest BCUT2D eigenvalue weighted by Gasteiger charge is 2.31. The van der Waals surface area contributed by atoms with E-state index in [1.54, 1.807) is 0 Å². The van der Waals surface area contributed by atoms with Gasteiger partial charge in [-0.3, -0.25) is 4.79 Å². The minimum absolute atomic E-state index is 0.0950. The summed E-state index contributed by atoms with van der Waals surface area (Å²) in [5.41, 5.74) is 6.40. The van der Waals surface area contributed by atoms with Crippen molar-refractivity contribution in [1.29, 1.82) is 0 Å². The summed E-state index contributed by atoms with van der Waals surface area (Å²) >= 11 is 1.30. The topological polar surface area (TPSA) is 80.5 Å². The second kappa shape index (κ2) is 4.97. The number of morpholine rings is 1. The predicted molar refractivity (Wildman–Crippen MR) is 74.6 cm³/mol. The van der Waals surface area contributed by atoms with Crippen molar-refractivity contribution in [2.24, 2.45) is 0 Å². The van der Waals surface area contributed by atoms with Crippen LogP contribution in [0.1, 0.15) is 30.1 Å². The zero-order chi connectivity index (χ0) is 13.4.